The van der Waals surface area contributed by atoms with Crippen LogP contribution >= 0.6 is 0 Å². The van der Waals surface area contributed by atoms with Crippen LogP contribution in [-0.4, -0.2) is 36.1 Å². The van der Waals surface area contributed by atoms with Crippen molar-refractivity contribution < 1.29 is 9.96 Å². The molecule has 1 N–H and O–H groups in total. The maximum absolute atomic E-state index is 7.32. The Kier molecular flexibility index (Phi) is 16.0. The highest BCUT2D eigenvalue weighted by Crippen LogP contribution is 2.03. The average molecular weight is 188 g/mol. The first-order valence-electron chi connectivity index (χ1n) is 4.82. The van der Waals surface area contributed by atoms with E-state index in [4.69, 9.17) is 5.26 Å². The van der Waals surface area contributed by atoms with Crippen LogP contribution < -0.4 is 0 Å². The first-order valence-corrected chi connectivity index (χ1v) is 4.82. The van der Waals surface area contributed by atoms with Crippen LogP contribution in [0.2, 0.25) is 0 Å². The topological polar surface area (TPSA) is 53.8 Å². The fourth-order valence-corrected chi connectivity index (χ4v) is 1.34. The first-order chi connectivity index (χ1) is 5.66. The molecule has 0 atom stereocenters. The van der Waals surface area contributed by atoms with Gasteiger partial charge < -0.3 is 9.96 Å². The lowest BCUT2D eigenvalue weighted by Gasteiger charge is -2.34. The van der Waals surface area contributed by atoms with Crippen LogP contribution in [0, 0.1) is 11.3 Å². The molecule has 0 heterocycles. The van der Waals surface area contributed by atoms with E-state index in [-0.39, 0.29) is 5.48 Å². The molecular formula is C10H24N2O. The van der Waals surface area contributed by atoms with E-state index in [1.54, 1.807) is 6.07 Å². The predicted molar refractivity (Wildman–Crippen MR) is 55.6 cm³/mol. The van der Waals surface area contributed by atoms with Gasteiger partial charge in [-0.1, -0.05) is 0 Å². The Hall–Kier alpha value is -0.590. The minimum Gasteiger partial charge on any atom is -0.870 e. The van der Waals surface area contributed by atoms with Crippen LogP contribution in [0.1, 0.15) is 34.6 Å². The molecule has 0 bridgehead atoms. The maximum Gasteiger partial charge on any atom is 0.0757 e. The monoisotopic (exact) mass is 188 g/mol. The standard InChI is InChI=1S/C8H20N.C2H3N.H2O/c1-5-9(6-2,7-3)8-4;1-2-3;/h5-8H2,1-4H3;1H3;1H2/q+1;;/p-1. The van der Waals surface area contributed by atoms with E-state index in [0.717, 1.165) is 0 Å². The van der Waals surface area contributed by atoms with Crippen molar-refractivity contribution in [2.75, 3.05) is 26.2 Å². The van der Waals surface area contributed by atoms with Crippen LogP contribution in [0.25, 0.3) is 0 Å². The summed E-state index contributed by atoms with van der Waals surface area (Å²) in [5.74, 6) is 0. The van der Waals surface area contributed by atoms with Crippen molar-refractivity contribution >= 4 is 0 Å². The lowest BCUT2D eigenvalue weighted by atomic mass is 10.3. The van der Waals surface area contributed by atoms with Crippen molar-refractivity contribution in [2.45, 2.75) is 34.6 Å². The normalized spacial score (nSPS) is 8.92. The lowest BCUT2D eigenvalue weighted by molar-refractivity contribution is -0.921. The van der Waals surface area contributed by atoms with Gasteiger partial charge in [0.25, 0.3) is 0 Å². The summed E-state index contributed by atoms with van der Waals surface area (Å²) in [6, 6.07) is 1.75. The predicted octanol–water partition coefficient (Wildman–Crippen LogP) is 2.24. The number of quaternary nitrogens is 1. The van der Waals surface area contributed by atoms with Crippen LogP contribution in [-0.2, 0) is 0 Å². The summed E-state index contributed by atoms with van der Waals surface area (Å²) in [4.78, 5) is 0. The van der Waals surface area contributed by atoms with Gasteiger partial charge in [0.05, 0.1) is 32.2 Å². The summed E-state index contributed by atoms with van der Waals surface area (Å²) >= 11 is 0. The van der Waals surface area contributed by atoms with Gasteiger partial charge in [-0.2, -0.15) is 5.26 Å². The molecule has 0 saturated heterocycles. The number of hydrogen-bond donors (Lipinski definition) is 0. The van der Waals surface area contributed by atoms with Crippen molar-refractivity contribution in [1.82, 2.24) is 0 Å². The highest BCUT2D eigenvalue weighted by atomic mass is 16.0. The first kappa shape index (κ1) is 18.2. The van der Waals surface area contributed by atoms with Crippen LogP contribution in [0.5, 0.6) is 0 Å². The zero-order valence-electron chi connectivity index (χ0n) is 9.67. The summed E-state index contributed by atoms with van der Waals surface area (Å²) in [5.41, 5.74) is 0. The second kappa shape index (κ2) is 11.4. The molecule has 0 aromatic carbocycles. The Morgan fingerprint density at radius 3 is 1.08 bits per heavy atom. The number of nitriles is 1. The Morgan fingerprint density at radius 1 is 0.923 bits per heavy atom. The summed E-state index contributed by atoms with van der Waals surface area (Å²) in [7, 11) is 0. The molecule has 0 radical (unpaired) electrons. The fraction of sp³-hybridized carbons (Fsp3) is 0.900. The molecule has 0 spiro atoms. The van der Waals surface area contributed by atoms with E-state index in [2.05, 4.69) is 27.7 Å². The van der Waals surface area contributed by atoms with Gasteiger partial charge in [0.1, 0.15) is 0 Å². The molecule has 0 aliphatic rings. The second-order valence-electron chi connectivity index (χ2n) is 2.83. The van der Waals surface area contributed by atoms with E-state index in [9.17, 15) is 0 Å². The van der Waals surface area contributed by atoms with E-state index in [0.29, 0.717) is 0 Å². The molecule has 3 heteroatoms. The van der Waals surface area contributed by atoms with Gasteiger partial charge in [0.2, 0.25) is 0 Å². The molecule has 0 amide bonds. The van der Waals surface area contributed by atoms with Crippen LogP contribution in [0.15, 0.2) is 0 Å². The molecule has 13 heavy (non-hydrogen) atoms. The van der Waals surface area contributed by atoms with Crippen molar-refractivity contribution in [3.05, 3.63) is 0 Å². The van der Waals surface area contributed by atoms with Gasteiger partial charge >= 0.3 is 0 Å². The molecule has 0 aliphatic heterocycles. The highest BCUT2D eigenvalue weighted by Gasteiger charge is 2.16. The molecular weight excluding hydrogens is 164 g/mol. The Bertz CT molecular complexity index is 108. The van der Waals surface area contributed by atoms with Crippen molar-refractivity contribution in [1.29, 1.82) is 5.26 Å². The zero-order valence-corrected chi connectivity index (χ0v) is 9.67. The largest absolute Gasteiger partial charge is 0.870 e. The summed E-state index contributed by atoms with van der Waals surface area (Å²) in [5, 5.41) is 7.32. The maximum atomic E-state index is 7.32. The fourth-order valence-electron chi connectivity index (χ4n) is 1.34. The number of rotatable bonds is 4. The van der Waals surface area contributed by atoms with Gasteiger partial charge in [0.15, 0.2) is 0 Å². The molecule has 80 valence electrons. The van der Waals surface area contributed by atoms with Gasteiger partial charge in [-0.25, -0.2) is 0 Å². The third-order valence-electron chi connectivity index (χ3n) is 2.68. The molecule has 0 unspecified atom stereocenters. The minimum absolute atomic E-state index is 0. The van der Waals surface area contributed by atoms with Crippen LogP contribution in [0.4, 0.5) is 0 Å². The van der Waals surface area contributed by atoms with E-state index >= 15 is 0 Å². The van der Waals surface area contributed by atoms with E-state index in [1.165, 1.54) is 37.6 Å². The number of hydrogen-bond acceptors (Lipinski definition) is 2. The van der Waals surface area contributed by atoms with Crippen molar-refractivity contribution in [3.63, 3.8) is 0 Å². The van der Waals surface area contributed by atoms with Crippen molar-refractivity contribution in [2.24, 2.45) is 0 Å². The minimum atomic E-state index is 0. The molecule has 0 aromatic heterocycles. The second-order valence-corrected chi connectivity index (χ2v) is 2.83. The van der Waals surface area contributed by atoms with Gasteiger partial charge in [0, 0.05) is 6.92 Å². The Morgan fingerprint density at radius 2 is 1.08 bits per heavy atom. The molecule has 0 aromatic rings. The van der Waals surface area contributed by atoms with E-state index < -0.39 is 0 Å². The van der Waals surface area contributed by atoms with Crippen LogP contribution in [0.3, 0.4) is 0 Å². The van der Waals surface area contributed by atoms with E-state index in [1.807, 2.05) is 0 Å². The van der Waals surface area contributed by atoms with Crippen molar-refractivity contribution in [3.8, 4) is 6.07 Å². The summed E-state index contributed by atoms with van der Waals surface area (Å²) in [6.45, 7) is 15.7. The Labute approximate surface area is 82.9 Å². The van der Waals surface area contributed by atoms with Gasteiger partial charge in [-0.05, 0) is 27.7 Å². The lowest BCUT2D eigenvalue weighted by Crippen LogP contribution is -2.47. The zero-order chi connectivity index (χ0) is 10.0. The number of nitrogens with zero attached hydrogens (tertiary/aromatic N) is 2. The smallest absolute Gasteiger partial charge is 0.0757 e. The molecule has 0 fully saturated rings. The molecule has 3 nitrogen and oxygen atoms in total. The SMILES string of the molecule is CC#N.CC[N+](CC)(CC)CC.[OH-]. The quantitative estimate of drug-likeness (QED) is 0.635. The summed E-state index contributed by atoms with van der Waals surface area (Å²) in [6.07, 6.45) is 0. The Balaban J connectivity index is -0.000000220. The third kappa shape index (κ3) is 7.76. The third-order valence-corrected chi connectivity index (χ3v) is 2.68. The molecule has 0 aliphatic carbocycles. The summed E-state index contributed by atoms with van der Waals surface area (Å²) < 4.78 is 1.28. The highest BCUT2D eigenvalue weighted by molar-refractivity contribution is 4.51. The van der Waals surface area contributed by atoms with Gasteiger partial charge in [-0.3, -0.25) is 0 Å². The van der Waals surface area contributed by atoms with Gasteiger partial charge in [-0.15, -0.1) is 0 Å². The molecule has 0 saturated carbocycles. The molecule has 0 rings (SSSR count). The average Bonchev–Trinajstić information content (AvgIpc) is 2.11.